The van der Waals surface area contributed by atoms with Crippen LogP contribution in [-0.4, -0.2) is 36.2 Å². The van der Waals surface area contributed by atoms with E-state index < -0.39 is 5.97 Å². The minimum atomic E-state index is -0.955. The average Bonchev–Trinajstić information content (AvgIpc) is 2.34. The van der Waals surface area contributed by atoms with Crippen LogP contribution in [0.2, 0.25) is 0 Å². The molecule has 0 atom stereocenters. The van der Waals surface area contributed by atoms with Crippen LogP contribution in [0.25, 0.3) is 0 Å². The molecule has 0 unspecified atom stereocenters. The topological polar surface area (TPSA) is 75.6 Å². The summed E-state index contributed by atoms with van der Waals surface area (Å²) in [7, 11) is 0. The number of rotatable bonds is 7. The first kappa shape index (κ1) is 15.2. The highest BCUT2D eigenvalue weighted by Gasteiger charge is 2.12. The van der Waals surface area contributed by atoms with Gasteiger partial charge in [0.15, 0.2) is 0 Å². The second-order valence-corrected chi connectivity index (χ2v) is 4.40. The molecule has 0 radical (unpaired) electrons. The van der Waals surface area contributed by atoms with Crippen molar-refractivity contribution in [3.63, 3.8) is 0 Å². The fraction of sp³-hybridized carbons (Fsp3) is 0.429. The maximum absolute atomic E-state index is 11.9. The minimum absolute atomic E-state index is 0.121. The number of carboxylic acid groups (broad SMARTS) is 1. The standard InChI is InChI=1S/C14H19NO4/c1-10(2)19-8-7-15-14(18)12-6-4-3-5-11(12)9-13(16)17/h3-6,10H,7-9H2,1-2H3,(H,15,18)(H,16,17). The van der Waals surface area contributed by atoms with Crippen molar-refractivity contribution in [2.75, 3.05) is 13.2 Å². The van der Waals surface area contributed by atoms with E-state index in [0.29, 0.717) is 24.3 Å². The van der Waals surface area contributed by atoms with Crippen molar-refractivity contribution in [2.24, 2.45) is 0 Å². The summed E-state index contributed by atoms with van der Waals surface area (Å²) in [6, 6.07) is 6.70. The summed E-state index contributed by atoms with van der Waals surface area (Å²) < 4.78 is 5.31. The number of hydrogen-bond acceptors (Lipinski definition) is 3. The van der Waals surface area contributed by atoms with Crippen LogP contribution in [0.3, 0.4) is 0 Å². The molecular formula is C14H19NO4. The van der Waals surface area contributed by atoms with Crippen LogP contribution >= 0.6 is 0 Å². The van der Waals surface area contributed by atoms with Crippen molar-refractivity contribution in [3.05, 3.63) is 35.4 Å². The molecule has 1 aromatic rings. The zero-order valence-corrected chi connectivity index (χ0v) is 11.2. The lowest BCUT2D eigenvalue weighted by Gasteiger charge is -2.10. The second kappa shape index (κ2) is 7.53. The highest BCUT2D eigenvalue weighted by Crippen LogP contribution is 2.09. The number of nitrogens with one attached hydrogen (secondary N) is 1. The van der Waals surface area contributed by atoms with Crippen molar-refractivity contribution >= 4 is 11.9 Å². The Labute approximate surface area is 112 Å². The van der Waals surface area contributed by atoms with E-state index in [1.54, 1.807) is 24.3 Å². The van der Waals surface area contributed by atoms with Gasteiger partial charge in [-0.2, -0.15) is 0 Å². The zero-order valence-electron chi connectivity index (χ0n) is 11.2. The summed E-state index contributed by atoms with van der Waals surface area (Å²) in [5, 5.41) is 11.5. The molecule has 0 fully saturated rings. The third-order valence-corrected chi connectivity index (χ3v) is 2.44. The van der Waals surface area contributed by atoms with E-state index in [1.165, 1.54) is 0 Å². The van der Waals surface area contributed by atoms with E-state index in [-0.39, 0.29) is 18.4 Å². The zero-order chi connectivity index (χ0) is 14.3. The predicted octanol–water partition coefficient (Wildman–Crippen LogP) is 1.47. The number of carboxylic acids is 1. The number of aliphatic carboxylic acids is 1. The van der Waals surface area contributed by atoms with E-state index in [2.05, 4.69) is 5.32 Å². The Bertz CT molecular complexity index is 443. The summed E-state index contributed by atoms with van der Waals surface area (Å²) >= 11 is 0. The molecule has 104 valence electrons. The number of hydrogen-bond donors (Lipinski definition) is 2. The van der Waals surface area contributed by atoms with Crippen LogP contribution in [0.1, 0.15) is 29.8 Å². The third-order valence-electron chi connectivity index (χ3n) is 2.44. The highest BCUT2D eigenvalue weighted by molar-refractivity contribution is 5.96. The third kappa shape index (κ3) is 5.52. The van der Waals surface area contributed by atoms with Gasteiger partial charge < -0.3 is 15.2 Å². The molecule has 5 heteroatoms. The van der Waals surface area contributed by atoms with Gasteiger partial charge in [0.2, 0.25) is 0 Å². The molecule has 0 saturated heterocycles. The molecule has 0 heterocycles. The fourth-order valence-corrected chi connectivity index (χ4v) is 1.61. The van der Waals surface area contributed by atoms with E-state index in [4.69, 9.17) is 9.84 Å². The van der Waals surface area contributed by atoms with Gasteiger partial charge in [-0.1, -0.05) is 18.2 Å². The van der Waals surface area contributed by atoms with Gasteiger partial charge >= 0.3 is 5.97 Å². The molecule has 19 heavy (non-hydrogen) atoms. The molecule has 0 spiro atoms. The largest absolute Gasteiger partial charge is 0.481 e. The summed E-state index contributed by atoms with van der Waals surface area (Å²) in [4.78, 5) is 22.7. The number of benzene rings is 1. The molecule has 0 aliphatic heterocycles. The molecule has 1 amide bonds. The maximum atomic E-state index is 11.9. The lowest BCUT2D eigenvalue weighted by Crippen LogP contribution is -2.29. The molecule has 0 aliphatic rings. The molecule has 2 N–H and O–H groups in total. The number of amides is 1. The quantitative estimate of drug-likeness (QED) is 0.732. The van der Waals surface area contributed by atoms with Crippen LogP contribution in [0.15, 0.2) is 24.3 Å². The van der Waals surface area contributed by atoms with Gasteiger partial charge in [-0.25, -0.2) is 0 Å². The maximum Gasteiger partial charge on any atom is 0.307 e. The predicted molar refractivity (Wildman–Crippen MR) is 71.2 cm³/mol. The van der Waals surface area contributed by atoms with Gasteiger partial charge in [-0.15, -0.1) is 0 Å². The van der Waals surface area contributed by atoms with E-state index in [0.717, 1.165) is 0 Å². The summed E-state index contributed by atoms with van der Waals surface area (Å²) in [6.07, 6.45) is -0.0391. The monoisotopic (exact) mass is 265 g/mol. The Morgan fingerprint density at radius 1 is 1.32 bits per heavy atom. The van der Waals surface area contributed by atoms with Crippen molar-refractivity contribution in [1.82, 2.24) is 5.32 Å². The lowest BCUT2D eigenvalue weighted by atomic mass is 10.0. The number of carbonyl (C=O) groups is 2. The normalized spacial score (nSPS) is 10.5. The second-order valence-electron chi connectivity index (χ2n) is 4.40. The number of carbonyl (C=O) groups excluding carboxylic acids is 1. The molecule has 0 aromatic heterocycles. The number of ether oxygens (including phenoxy) is 1. The lowest BCUT2D eigenvalue weighted by molar-refractivity contribution is -0.136. The average molecular weight is 265 g/mol. The van der Waals surface area contributed by atoms with Gasteiger partial charge in [-0.05, 0) is 25.5 Å². The summed E-state index contributed by atoms with van der Waals surface area (Å²) in [5.41, 5.74) is 0.909. The first-order valence-corrected chi connectivity index (χ1v) is 6.20. The van der Waals surface area contributed by atoms with Crippen LogP contribution < -0.4 is 5.32 Å². The smallest absolute Gasteiger partial charge is 0.307 e. The Morgan fingerprint density at radius 3 is 2.63 bits per heavy atom. The van der Waals surface area contributed by atoms with Crippen LogP contribution in [0.4, 0.5) is 0 Å². The first-order valence-electron chi connectivity index (χ1n) is 6.20. The Balaban J connectivity index is 2.58. The highest BCUT2D eigenvalue weighted by atomic mass is 16.5. The van der Waals surface area contributed by atoms with Crippen molar-refractivity contribution in [2.45, 2.75) is 26.4 Å². The molecule has 1 aromatic carbocycles. The van der Waals surface area contributed by atoms with Crippen molar-refractivity contribution in [1.29, 1.82) is 0 Å². The molecule has 5 nitrogen and oxygen atoms in total. The van der Waals surface area contributed by atoms with E-state index >= 15 is 0 Å². The van der Waals surface area contributed by atoms with Gasteiger partial charge in [-0.3, -0.25) is 9.59 Å². The summed E-state index contributed by atoms with van der Waals surface area (Å²) in [6.45, 7) is 4.68. The molecule has 0 aliphatic carbocycles. The van der Waals surface area contributed by atoms with E-state index in [9.17, 15) is 9.59 Å². The molecule has 0 bridgehead atoms. The fourth-order valence-electron chi connectivity index (χ4n) is 1.61. The van der Waals surface area contributed by atoms with Crippen molar-refractivity contribution < 1.29 is 19.4 Å². The van der Waals surface area contributed by atoms with Crippen LogP contribution in [0.5, 0.6) is 0 Å². The van der Waals surface area contributed by atoms with Gasteiger partial charge in [0.05, 0.1) is 19.1 Å². The SMILES string of the molecule is CC(C)OCCNC(=O)c1ccccc1CC(=O)O. The Hall–Kier alpha value is -1.88. The van der Waals surface area contributed by atoms with Crippen LogP contribution in [-0.2, 0) is 16.0 Å². The minimum Gasteiger partial charge on any atom is -0.481 e. The molecule has 0 saturated carbocycles. The Morgan fingerprint density at radius 2 is 2.00 bits per heavy atom. The summed E-state index contributed by atoms with van der Waals surface area (Å²) in [5.74, 6) is -1.23. The molecular weight excluding hydrogens is 246 g/mol. The van der Waals surface area contributed by atoms with E-state index in [1.807, 2.05) is 13.8 Å². The molecule has 1 rings (SSSR count). The van der Waals surface area contributed by atoms with Crippen LogP contribution in [0, 0.1) is 0 Å². The van der Waals surface area contributed by atoms with Gasteiger partial charge in [0.25, 0.3) is 5.91 Å². The van der Waals surface area contributed by atoms with Crippen molar-refractivity contribution in [3.8, 4) is 0 Å². The Kier molecular flexibility index (Phi) is 6.02. The first-order chi connectivity index (χ1) is 9.00. The van der Waals surface area contributed by atoms with Gasteiger partial charge in [0, 0.05) is 12.1 Å². The van der Waals surface area contributed by atoms with Gasteiger partial charge in [0.1, 0.15) is 0 Å².